The molecule has 5 nitrogen and oxygen atoms in total. The molecular weight excluding hydrogens is 144 g/mol. The summed E-state index contributed by atoms with van der Waals surface area (Å²) in [5, 5.41) is 7.57. The molecule has 0 heterocycles. The van der Waals surface area contributed by atoms with E-state index >= 15 is 0 Å². The van der Waals surface area contributed by atoms with E-state index < -0.39 is 5.79 Å². The molecule has 0 saturated heterocycles. The van der Waals surface area contributed by atoms with Crippen LogP contribution in [0.4, 0.5) is 0 Å². The zero-order valence-electron chi connectivity index (χ0n) is 7.25. The summed E-state index contributed by atoms with van der Waals surface area (Å²) in [5.74, 6) is -1.21. The molecule has 0 radical (unpaired) electrons. The lowest BCUT2D eigenvalue weighted by atomic mass is 10.1. The van der Waals surface area contributed by atoms with E-state index in [0.29, 0.717) is 6.42 Å². The van der Waals surface area contributed by atoms with Crippen molar-refractivity contribution in [3.63, 3.8) is 0 Å². The van der Waals surface area contributed by atoms with E-state index in [-0.39, 0.29) is 12.6 Å². The minimum atomic E-state index is -1.21. The van der Waals surface area contributed by atoms with Gasteiger partial charge in [0, 0.05) is 12.6 Å². The minimum absolute atomic E-state index is 0.250. The van der Waals surface area contributed by atoms with Gasteiger partial charge in [-0.25, -0.2) is 0 Å². The molecular formula is C6H20N4O. The molecule has 0 aromatic carbocycles. The van der Waals surface area contributed by atoms with Crippen LogP contribution < -0.4 is 22.9 Å². The second kappa shape index (κ2) is 6.51. The molecule has 1 unspecified atom stereocenters. The van der Waals surface area contributed by atoms with Crippen molar-refractivity contribution in [2.24, 2.45) is 22.9 Å². The third-order valence-corrected chi connectivity index (χ3v) is 1.08. The molecule has 0 aliphatic rings. The summed E-state index contributed by atoms with van der Waals surface area (Å²) in [6, 6.07) is -0.317. The normalized spacial score (nSPS) is 13.4. The number of nitrogens with two attached hydrogens (primary N) is 4. The molecule has 0 bridgehead atoms. The molecule has 0 fully saturated rings. The summed E-state index contributed by atoms with van der Waals surface area (Å²) >= 11 is 0. The lowest BCUT2D eigenvalue weighted by Crippen LogP contribution is -2.68. The molecule has 5 heteroatoms. The van der Waals surface area contributed by atoms with Gasteiger partial charge in [0.15, 0.2) is 0 Å². The van der Waals surface area contributed by atoms with Crippen LogP contribution >= 0.6 is 0 Å². The van der Waals surface area contributed by atoms with Gasteiger partial charge in [0.25, 0.3) is 0 Å². The Bertz CT molecular complexity index is 81.1. The Morgan fingerprint density at radius 3 is 1.55 bits per heavy atom. The first-order chi connectivity index (χ1) is 4.90. The van der Waals surface area contributed by atoms with Gasteiger partial charge >= 0.3 is 0 Å². The summed E-state index contributed by atoms with van der Waals surface area (Å²) in [6.07, 6.45) is 0.698. The van der Waals surface area contributed by atoms with Crippen molar-refractivity contribution in [2.45, 2.75) is 32.1 Å². The smallest absolute Gasteiger partial charge is 0.131 e. The van der Waals surface area contributed by atoms with Crippen molar-refractivity contribution in [3.8, 4) is 0 Å². The third kappa shape index (κ3) is 9.80. The molecule has 70 valence electrons. The number of hydrogen-bond donors (Lipinski definition) is 5. The van der Waals surface area contributed by atoms with Crippen LogP contribution in [0.3, 0.4) is 0 Å². The highest BCUT2D eigenvalue weighted by Crippen LogP contribution is 1.91. The highest BCUT2D eigenvalue weighted by Gasteiger charge is 2.19. The van der Waals surface area contributed by atoms with Gasteiger partial charge in [-0.2, -0.15) is 0 Å². The van der Waals surface area contributed by atoms with E-state index in [1.165, 1.54) is 0 Å². The Kier molecular flexibility index (Phi) is 7.92. The molecule has 0 saturated carbocycles. The van der Waals surface area contributed by atoms with Crippen LogP contribution in [0.25, 0.3) is 0 Å². The quantitative estimate of drug-likeness (QED) is 0.310. The van der Waals surface area contributed by atoms with Gasteiger partial charge in [-0.05, 0) is 13.3 Å². The van der Waals surface area contributed by atoms with Gasteiger partial charge in [0.2, 0.25) is 0 Å². The van der Waals surface area contributed by atoms with Crippen LogP contribution in [-0.2, 0) is 0 Å². The van der Waals surface area contributed by atoms with E-state index in [9.17, 15) is 0 Å². The highest BCUT2D eigenvalue weighted by molar-refractivity contribution is 4.80. The molecule has 9 N–H and O–H groups in total. The maximum absolute atomic E-state index is 7.57. The average molecular weight is 164 g/mol. The van der Waals surface area contributed by atoms with Crippen LogP contribution in [0, 0.1) is 0 Å². The van der Waals surface area contributed by atoms with Gasteiger partial charge in [-0.1, -0.05) is 6.92 Å². The standard InChI is InChI=1S/C4H14N4.C2H6O/c1-2-3(5)4(6,7)8;1-2-3/h3H,2,5-8H2,1H3;3H,2H2,1H3. The fourth-order valence-electron chi connectivity index (χ4n) is 0.354. The van der Waals surface area contributed by atoms with Gasteiger partial charge < -0.3 is 10.8 Å². The number of rotatable bonds is 2. The van der Waals surface area contributed by atoms with Gasteiger partial charge in [-0.15, -0.1) is 0 Å². The van der Waals surface area contributed by atoms with Crippen molar-refractivity contribution < 1.29 is 5.11 Å². The molecule has 1 atom stereocenters. The highest BCUT2D eigenvalue weighted by atomic mass is 16.2. The van der Waals surface area contributed by atoms with Crippen molar-refractivity contribution in [3.05, 3.63) is 0 Å². The van der Waals surface area contributed by atoms with Crippen molar-refractivity contribution in [1.29, 1.82) is 0 Å². The summed E-state index contributed by atoms with van der Waals surface area (Å²) < 4.78 is 0. The Labute approximate surface area is 67.7 Å². The molecule has 0 rings (SSSR count). The third-order valence-electron chi connectivity index (χ3n) is 1.08. The van der Waals surface area contributed by atoms with Crippen molar-refractivity contribution in [1.82, 2.24) is 0 Å². The minimum Gasteiger partial charge on any atom is -0.397 e. The van der Waals surface area contributed by atoms with Crippen LogP contribution in [0.5, 0.6) is 0 Å². The monoisotopic (exact) mass is 164 g/mol. The van der Waals surface area contributed by atoms with E-state index in [1.54, 1.807) is 6.92 Å². The van der Waals surface area contributed by atoms with Gasteiger partial charge in [0.1, 0.15) is 5.79 Å². The largest absolute Gasteiger partial charge is 0.397 e. The molecule has 11 heavy (non-hydrogen) atoms. The molecule has 0 aromatic heterocycles. The predicted octanol–water partition coefficient (Wildman–Crippen LogP) is -1.75. The second-order valence-corrected chi connectivity index (χ2v) is 2.33. The van der Waals surface area contributed by atoms with Gasteiger partial charge in [-0.3, -0.25) is 17.2 Å². The summed E-state index contributed by atoms with van der Waals surface area (Å²) in [5.41, 5.74) is 21.0. The number of aliphatic hydroxyl groups is 1. The predicted molar refractivity (Wildman–Crippen MR) is 46.3 cm³/mol. The maximum atomic E-state index is 7.57. The maximum Gasteiger partial charge on any atom is 0.131 e. The molecule has 0 aromatic rings. The Balaban J connectivity index is 0. The topological polar surface area (TPSA) is 124 Å². The number of hydrogen-bond acceptors (Lipinski definition) is 5. The lowest BCUT2D eigenvalue weighted by Gasteiger charge is -2.24. The summed E-state index contributed by atoms with van der Waals surface area (Å²) in [7, 11) is 0. The number of aliphatic hydroxyl groups excluding tert-OH is 1. The summed E-state index contributed by atoms with van der Waals surface area (Å²) in [6.45, 7) is 3.81. The SMILES string of the molecule is CCC(N)C(N)(N)N.CCO. The average Bonchev–Trinajstić information content (AvgIpc) is 1.86. The van der Waals surface area contributed by atoms with Gasteiger partial charge in [0.05, 0.1) is 0 Å². The molecule has 0 spiro atoms. The van der Waals surface area contributed by atoms with Crippen LogP contribution in [0.15, 0.2) is 0 Å². The molecule has 0 aliphatic heterocycles. The van der Waals surface area contributed by atoms with E-state index in [2.05, 4.69) is 0 Å². The fraction of sp³-hybridized carbons (Fsp3) is 1.00. The van der Waals surface area contributed by atoms with Crippen LogP contribution in [0.2, 0.25) is 0 Å². The van der Waals surface area contributed by atoms with Crippen LogP contribution in [0.1, 0.15) is 20.3 Å². The first kappa shape index (κ1) is 13.4. The fourth-order valence-corrected chi connectivity index (χ4v) is 0.354. The van der Waals surface area contributed by atoms with E-state index in [1.807, 2.05) is 6.92 Å². The molecule has 0 amide bonds. The van der Waals surface area contributed by atoms with Crippen LogP contribution in [-0.4, -0.2) is 23.5 Å². The van der Waals surface area contributed by atoms with Crippen molar-refractivity contribution >= 4 is 0 Å². The lowest BCUT2D eigenvalue weighted by molar-refractivity contribution is 0.318. The van der Waals surface area contributed by atoms with E-state index in [4.69, 9.17) is 28.0 Å². The first-order valence-corrected chi connectivity index (χ1v) is 3.63. The molecule has 0 aliphatic carbocycles. The Morgan fingerprint density at radius 1 is 1.27 bits per heavy atom. The summed E-state index contributed by atoms with van der Waals surface area (Å²) in [4.78, 5) is 0. The van der Waals surface area contributed by atoms with Crippen molar-refractivity contribution in [2.75, 3.05) is 6.61 Å². The Morgan fingerprint density at radius 2 is 1.55 bits per heavy atom. The first-order valence-electron chi connectivity index (χ1n) is 3.63. The zero-order chi connectivity index (χ0) is 9.49. The second-order valence-electron chi connectivity index (χ2n) is 2.33. The van der Waals surface area contributed by atoms with E-state index in [0.717, 1.165) is 0 Å². The zero-order valence-corrected chi connectivity index (χ0v) is 7.25. The Hall–Kier alpha value is -0.200.